The van der Waals surface area contributed by atoms with Gasteiger partial charge < -0.3 is 35.8 Å². The molecule has 0 spiro atoms. The summed E-state index contributed by atoms with van der Waals surface area (Å²) < 4.78 is 0. The molecule has 58 heavy (non-hydrogen) atoms. The Morgan fingerprint density at radius 1 is 0.707 bits per heavy atom. The molecule has 0 radical (unpaired) electrons. The quantitative estimate of drug-likeness (QED) is 0.139. The first-order chi connectivity index (χ1) is 27.9. The van der Waals surface area contributed by atoms with Crippen molar-refractivity contribution < 1.29 is 34.5 Å². The molecule has 3 aromatic carbocycles. The van der Waals surface area contributed by atoms with Gasteiger partial charge in [-0.05, 0) is 99.1 Å². The molecule has 0 saturated carbocycles. The molecule has 0 unspecified atom stereocenters. The lowest BCUT2D eigenvalue weighted by molar-refractivity contribution is -0.138. The number of nitrogens with one attached hydrogen (secondary N) is 2. The summed E-state index contributed by atoms with van der Waals surface area (Å²) >= 11 is 11.7. The van der Waals surface area contributed by atoms with Gasteiger partial charge in [-0.2, -0.15) is 0 Å². The van der Waals surface area contributed by atoms with Crippen molar-refractivity contribution in [3.05, 3.63) is 89.2 Å². The second-order valence-corrected chi connectivity index (χ2v) is 15.8. The van der Waals surface area contributed by atoms with Crippen molar-refractivity contribution in [2.45, 2.75) is 31.3 Å². The van der Waals surface area contributed by atoms with E-state index < -0.39 is 5.97 Å². The van der Waals surface area contributed by atoms with Crippen LogP contribution in [0, 0.1) is 11.8 Å². The van der Waals surface area contributed by atoms with Gasteiger partial charge in [-0.15, -0.1) is 0 Å². The van der Waals surface area contributed by atoms with Crippen molar-refractivity contribution in [2.24, 2.45) is 11.8 Å². The predicted octanol–water partition coefficient (Wildman–Crippen LogP) is 4.64. The van der Waals surface area contributed by atoms with E-state index in [2.05, 4.69) is 54.7 Å². The molecule has 4 aliphatic rings. The third kappa shape index (κ3) is 9.79. The zero-order chi connectivity index (χ0) is 40.9. The number of carbonyl (C=O) groups is 4. The van der Waals surface area contributed by atoms with Gasteiger partial charge in [0.2, 0.25) is 17.7 Å². The van der Waals surface area contributed by atoms with E-state index in [1.807, 2.05) is 4.90 Å². The molecular weight excluding hydrogens is 787 g/mol. The van der Waals surface area contributed by atoms with Gasteiger partial charge in [-0.25, -0.2) is 9.97 Å². The standard InChI is InChI=1S/C28H29ClN6O3.C13H15ClN2O4/c29-24-12-20(4-7-25(24)36)32-28(38)19-8-11-33(14-19)17-26(37)35-16-22-13-23(35)15-34(22)21-5-2-18(3-6-21)27-30-9-1-10-31-27;14-10-5-9(1-2-11(10)17)15-13(20)8-3-4-16(6-8)7-12(18)19/h1-7,9-10,12,19,22-23,36H,8,11,13-17H2,(H,32,38);1-2,5,8,17H,3-4,6-7H2,(H,15,20)(H,18,19)/t19-,22+,23+;8-/m11/s1. The van der Waals surface area contributed by atoms with Gasteiger partial charge in [-0.3, -0.25) is 29.0 Å². The van der Waals surface area contributed by atoms with E-state index in [-0.39, 0.29) is 63.7 Å². The van der Waals surface area contributed by atoms with E-state index in [4.69, 9.17) is 28.3 Å². The molecule has 17 heteroatoms. The molecule has 0 aliphatic carbocycles. The summed E-state index contributed by atoms with van der Waals surface area (Å²) in [5.74, 6) is -0.793. The number of phenolic OH excluding ortho intramolecular Hbond substituents is 2. The van der Waals surface area contributed by atoms with Gasteiger partial charge in [0.05, 0.1) is 41.0 Å². The number of amides is 3. The Morgan fingerprint density at radius 3 is 1.76 bits per heavy atom. The lowest BCUT2D eigenvalue weighted by Crippen LogP contribution is -2.51. The van der Waals surface area contributed by atoms with Crippen LogP contribution < -0.4 is 15.5 Å². The fourth-order valence-corrected chi connectivity index (χ4v) is 8.41. The number of piperazine rings is 1. The van der Waals surface area contributed by atoms with Crippen LogP contribution in [0.3, 0.4) is 0 Å². The summed E-state index contributed by atoms with van der Waals surface area (Å²) in [6.45, 7) is 4.15. The lowest BCUT2D eigenvalue weighted by Gasteiger charge is -2.36. The molecule has 3 amide bonds. The number of carboxylic acid groups (broad SMARTS) is 1. The Balaban J connectivity index is 0.000000216. The van der Waals surface area contributed by atoms with Crippen LogP contribution in [0.4, 0.5) is 17.1 Å². The highest BCUT2D eigenvalue weighted by Crippen LogP contribution is 2.36. The summed E-state index contributed by atoms with van der Waals surface area (Å²) in [4.78, 5) is 65.4. The molecule has 4 saturated heterocycles. The van der Waals surface area contributed by atoms with Gasteiger partial charge in [-0.1, -0.05) is 23.2 Å². The number of anilines is 3. The second-order valence-electron chi connectivity index (χ2n) is 15.0. The number of carbonyl (C=O) groups excluding carboxylic acids is 3. The number of aromatic hydroxyl groups is 2. The highest BCUT2D eigenvalue weighted by molar-refractivity contribution is 6.32. The van der Waals surface area contributed by atoms with Crippen molar-refractivity contribution in [2.75, 3.05) is 67.9 Å². The van der Waals surface area contributed by atoms with Crippen LogP contribution >= 0.6 is 23.2 Å². The maximum atomic E-state index is 13.2. The largest absolute Gasteiger partial charge is 0.506 e. The van der Waals surface area contributed by atoms with E-state index >= 15 is 0 Å². The minimum atomic E-state index is -0.892. The molecule has 4 atom stereocenters. The fourth-order valence-electron chi connectivity index (χ4n) is 8.05. The molecule has 15 nitrogen and oxygen atoms in total. The molecule has 5 N–H and O–H groups in total. The number of rotatable bonds is 10. The SMILES string of the molecule is O=C(Nc1ccc(O)c(Cl)c1)[C@@H]1CCN(CC(=O)N2C[C@@H]3C[C@H]2CN3c2ccc(-c3ncccn3)cc2)C1.O=C(O)CN1CC[C@@H](C(=O)Nc2ccc(O)c(Cl)c2)C1. The van der Waals surface area contributed by atoms with Gasteiger partial charge in [0.25, 0.3) is 0 Å². The minimum absolute atomic E-state index is 0.0231. The number of halogens is 2. The molecule has 4 fully saturated rings. The topological polar surface area (TPSA) is 192 Å². The van der Waals surface area contributed by atoms with Gasteiger partial charge in [0.1, 0.15) is 11.5 Å². The van der Waals surface area contributed by atoms with Crippen LogP contribution in [0.25, 0.3) is 11.4 Å². The van der Waals surface area contributed by atoms with Crippen LogP contribution in [-0.4, -0.2) is 128 Å². The van der Waals surface area contributed by atoms with Crippen LogP contribution in [-0.2, 0) is 19.2 Å². The summed E-state index contributed by atoms with van der Waals surface area (Å²) in [5, 5.41) is 33.5. The Labute approximate surface area is 345 Å². The summed E-state index contributed by atoms with van der Waals surface area (Å²) in [6.07, 6.45) is 5.80. The zero-order valence-electron chi connectivity index (χ0n) is 31.5. The highest BCUT2D eigenvalue weighted by atomic mass is 35.5. The number of likely N-dealkylation sites (tertiary alicyclic amines) is 3. The number of hydrogen-bond acceptors (Lipinski definition) is 11. The molecule has 8 rings (SSSR count). The molecule has 1 aromatic heterocycles. The zero-order valence-corrected chi connectivity index (χ0v) is 33.0. The molecule has 5 heterocycles. The molecule has 2 bridgehead atoms. The first-order valence-corrected chi connectivity index (χ1v) is 19.8. The fraction of sp³-hybridized carbons (Fsp3) is 0.366. The number of phenols is 2. The molecule has 4 aliphatic heterocycles. The summed E-state index contributed by atoms with van der Waals surface area (Å²) in [5.41, 5.74) is 3.20. The third-order valence-electron chi connectivity index (χ3n) is 11.0. The van der Waals surface area contributed by atoms with Crippen molar-refractivity contribution in [3.8, 4) is 22.9 Å². The maximum absolute atomic E-state index is 13.2. The predicted molar refractivity (Wildman–Crippen MR) is 219 cm³/mol. The monoisotopic (exact) mass is 830 g/mol. The van der Waals surface area contributed by atoms with Gasteiger partial charge >= 0.3 is 5.97 Å². The maximum Gasteiger partial charge on any atom is 0.317 e. The smallest absolute Gasteiger partial charge is 0.317 e. The lowest BCUT2D eigenvalue weighted by atomic mass is 10.1. The number of nitrogens with zero attached hydrogens (tertiary/aromatic N) is 6. The Kier molecular flexibility index (Phi) is 12.6. The Morgan fingerprint density at radius 2 is 1.26 bits per heavy atom. The van der Waals surface area contributed by atoms with Crippen molar-refractivity contribution in [1.29, 1.82) is 0 Å². The third-order valence-corrected chi connectivity index (χ3v) is 11.6. The van der Waals surface area contributed by atoms with Gasteiger partial charge in [0, 0.05) is 67.2 Å². The number of carboxylic acids is 1. The van der Waals surface area contributed by atoms with E-state index in [0.29, 0.717) is 68.8 Å². The first kappa shape index (κ1) is 40.7. The van der Waals surface area contributed by atoms with Crippen molar-refractivity contribution in [1.82, 2.24) is 24.7 Å². The van der Waals surface area contributed by atoms with Crippen LogP contribution in [0.5, 0.6) is 11.5 Å². The van der Waals surface area contributed by atoms with E-state index in [9.17, 15) is 29.4 Å². The Bertz CT molecular complexity index is 2150. The normalized spacial score (nSPS) is 21.4. The minimum Gasteiger partial charge on any atom is -0.506 e. The molecule has 304 valence electrons. The van der Waals surface area contributed by atoms with Gasteiger partial charge in [0.15, 0.2) is 5.82 Å². The van der Waals surface area contributed by atoms with E-state index in [1.165, 1.54) is 24.3 Å². The molecule has 4 aromatic rings. The summed E-state index contributed by atoms with van der Waals surface area (Å²) in [6, 6.07) is 19.7. The molecular formula is C41H44Cl2N8O7. The van der Waals surface area contributed by atoms with Crippen molar-refractivity contribution >= 4 is 64.0 Å². The average molecular weight is 832 g/mol. The van der Waals surface area contributed by atoms with Crippen LogP contribution in [0.1, 0.15) is 19.3 Å². The van der Waals surface area contributed by atoms with E-state index in [1.54, 1.807) is 35.5 Å². The van der Waals surface area contributed by atoms with Crippen LogP contribution in [0.15, 0.2) is 79.1 Å². The number of aromatic nitrogens is 2. The Hall–Kier alpha value is -5.48. The van der Waals surface area contributed by atoms with E-state index in [0.717, 1.165) is 30.8 Å². The van der Waals surface area contributed by atoms with Crippen LogP contribution in [0.2, 0.25) is 10.0 Å². The summed E-state index contributed by atoms with van der Waals surface area (Å²) in [7, 11) is 0. The number of hydrogen-bond donors (Lipinski definition) is 5. The number of aliphatic carboxylic acids is 1. The van der Waals surface area contributed by atoms with Crippen molar-refractivity contribution in [3.63, 3.8) is 0 Å². The highest BCUT2D eigenvalue weighted by Gasteiger charge is 2.45. The first-order valence-electron chi connectivity index (χ1n) is 19.1. The second kappa shape index (κ2) is 18.0. The number of benzene rings is 3. The average Bonchev–Trinajstić information content (AvgIpc) is 4.04. The number of fused-ring (bicyclic) bond motifs is 2.